The standard InChI is InChI=1S/C17H19ClN2O/c1-3-5-17(21)20-14-10-8-13(9-11-14)19-16-7-4-6-15(18)12(16)2/h4,6-11,19H,3,5H2,1-2H3,(H,20,21). The van der Waals surface area contributed by atoms with Crippen LogP contribution in [-0.2, 0) is 4.79 Å². The summed E-state index contributed by atoms with van der Waals surface area (Å²) in [5.41, 5.74) is 3.75. The molecule has 110 valence electrons. The van der Waals surface area contributed by atoms with Gasteiger partial charge in [0.1, 0.15) is 0 Å². The van der Waals surface area contributed by atoms with Crippen molar-refractivity contribution in [2.45, 2.75) is 26.7 Å². The van der Waals surface area contributed by atoms with Crippen LogP contribution in [0.5, 0.6) is 0 Å². The Kier molecular flexibility index (Phi) is 5.23. The van der Waals surface area contributed by atoms with Crippen molar-refractivity contribution in [1.29, 1.82) is 0 Å². The molecule has 2 rings (SSSR count). The molecule has 2 aromatic carbocycles. The minimum atomic E-state index is 0.0453. The Hall–Kier alpha value is -2.00. The van der Waals surface area contributed by atoms with E-state index in [1.165, 1.54) is 0 Å². The van der Waals surface area contributed by atoms with Crippen LogP contribution in [-0.4, -0.2) is 5.91 Å². The van der Waals surface area contributed by atoms with Gasteiger partial charge in [-0.25, -0.2) is 0 Å². The van der Waals surface area contributed by atoms with Crippen molar-refractivity contribution in [3.8, 4) is 0 Å². The minimum absolute atomic E-state index is 0.0453. The maximum atomic E-state index is 11.5. The van der Waals surface area contributed by atoms with E-state index in [1.807, 2.05) is 56.3 Å². The molecule has 1 amide bonds. The van der Waals surface area contributed by atoms with Crippen LogP contribution in [0.25, 0.3) is 0 Å². The summed E-state index contributed by atoms with van der Waals surface area (Å²) in [5.74, 6) is 0.0453. The molecule has 2 N–H and O–H groups in total. The fraction of sp³-hybridized carbons (Fsp3) is 0.235. The summed E-state index contributed by atoms with van der Waals surface area (Å²) < 4.78 is 0. The number of hydrogen-bond donors (Lipinski definition) is 2. The van der Waals surface area contributed by atoms with Gasteiger partial charge < -0.3 is 10.6 Å². The van der Waals surface area contributed by atoms with Gasteiger partial charge in [0.15, 0.2) is 0 Å². The van der Waals surface area contributed by atoms with Gasteiger partial charge in [-0.05, 0) is 55.3 Å². The molecule has 0 aliphatic heterocycles. The number of amides is 1. The van der Waals surface area contributed by atoms with E-state index >= 15 is 0 Å². The van der Waals surface area contributed by atoms with Gasteiger partial charge in [0, 0.05) is 28.5 Å². The summed E-state index contributed by atoms with van der Waals surface area (Å²) in [6, 6.07) is 13.4. The average Bonchev–Trinajstić information content (AvgIpc) is 2.46. The normalized spacial score (nSPS) is 10.2. The predicted molar refractivity (Wildman–Crippen MR) is 89.5 cm³/mol. The second-order valence-corrected chi connectivity index (χ2v) is 5.32. The highest BCUT2D eigenvalue weighted by atomic mass is 35.5. The highest BCUT2D eigenvalue weighted by Crippen LogP contribution is 2.26. The van der Waals surface area contributed by atoms with Crippen LogP contribution >= 0.6 is 11.6 Å². The van der Waals surface area contributed by atoms with Crippen molar-refractivity contribution in [2.24, 2.45) is 0 Å². The molecule has 0 aliphatic rings. The molecule has 0 saturated carbocycles. The topological polar surface area (TPSA) is 41.1 Å². The second-order valence-electron chi connectivity index (χ2n) is 4.91. The summed E-state index contributed by atoms with van der Waals surface area (Å²) in [7, 11) is 0. The van der Waals surface area contributed by atoms with Gasteiger partial charge in [-0.2, -0.15) is 0 Å². The third-order valence-electron chi connectivity index (χ3n) is 3.19. The van der Waals surface area contributed by atoms with Crippen LogP contribution in [0.2, 0.25) is 5.02 Å². The number of carbonyl (C=O) groups is 1. The minimum Gasteiger partial charge on any atom is -0.355 e. The monoisotopic (exact) mass is 302 g/mol. The smallest absolute Gasteiger partial charge is 0.224 e. The summed E-state index contributed by atoms with van der Waals surface area (Å²) in [5, 5.41) is 6.93. The van der Waals surface area contributed by atoms with Gasteiger partial charge in [-0.1, -0.05) is 24.6 Å². The summed E-state index contributed by atoms with van der Waals surface area (Å²) in [6.45, 7) is 3.96. The van der Waals surface area contributed by atoms with E-state index in [0.29, 0.717) is 6.42 Å². The summed E-state index contributed by atoms with van der Waals surface area (Å²) >= 11 is 6.10. The first-order valence-electron chi connectivity index (χ1n) is 7.02. The van der Waals surface area contributed by atoms with Crippen LogP contribution in [0.4, 0.5) is 17.1 Å². The Morgan fingerprint density at radius 1 is 1.10 bits per heavy atom. The van der Waals surface area contributed by atoms with Crippen LogP contribution in [0.3, 0.4) is 0 Å². The van der Waals surface area contributed by atoms with Crippen molar-refractivity contribution in [3.63, 3.8) is 0 Å². The Morgan fingerprint density at radius 2 is 1.76 bits per heavy atom. The lowest BCUT2D eigenvalue weighted by molar-refractivity contribution is -0.116. The van der Waals surface area contributed by atoms with Crippen LogP contribution < -0.4 is 10.6 Å². The number of anilines is 3. The highest BCUT2D eigenvalue weighted by Gasteiger charge is 2.03. The molecule has 4 heteroatoms. The van der Waals surface area contributed by atoms with Crippen molar-refractivity contribution in [3.05, 3.63) is 53.1 Å². The summed E-state index contributed by atoms with van der Waals surface area (Å²) in [4.78, 5) is 11.5. The largest absolute Gasteiger partial charge is 0.355 e. The first kappa shape index (κ1) is 15.4. The number of benzene rings is 2. The van der Waals surface area contributed by atoms with Crippen LogP contribution in [0.1, 0.15) is 25.3 Å². The molecule has 21 heavy (non-hydrogen) atoms. The second kappa shape index (κ2) is 7.14. The zero-order valence-electron chi connectivity index (χ0n) is 12.2. The maximum Gasteiger partial charge on any atom is 0.224 e. The SMILES string of the molecule is CCCC(=O)Nc1ccc(Nc2cccc(Cl)c2C)cc1. The van der Waals surface area contributed by atoms with Gasteiger partial charge in [-0.3, -0.25) is 4.79 Å². The maximum absolute atomic E-state index is 11.5. The average molecular weight is 303 g/mol. The number of halogens is 1. The molecule has 2 aromatic rings. The van der Waals surface area contributed by atoms with Gasteiger partial charge in [-0.15, -0.1) is 0 Å². The Labute approximate surface area is 130 Å². The Balaban J connectivity index is 2.05. The van der Waals surface area contributed by atoms with Crippen molar-refractivity contribution >= 4 is 34.6 Å². The van der Waals surface area contributed by atoms with Gasteiger partial charge in [0.05, 0.1) is 0 Å². The van der Waals surface area contributed by atoms with Gasteiger partial charge in [0.2, 0.25) is 5.91 Å². The Morgan fingerprint density at radius 3 is 2.43 bits per heavy atom. The van der Waals surface area contributed by atoms with E-state index in [9.17, 15) is 4.79 Å². The number of carbonyl (C=O) groups excluding carboxylic acids is 1. The van der Waals surface area contributed by atoms with E-state index in [1.54, 1.807) is 0 Å². The third-order valence-corrected chi connectivity index (χ3v) is 3.60. The molecule has 0 fully saturated rings. The fourth-order valence-corrected chi connectivity index (χ4v) is 2.16. The molecule has 0 unspecified atom stereocenters. The molecule has 0 radical (unpaired) electrons. The van der Waals surface area contributed by atoms with Crippen molar-refractivity contribution < 1.29 is 4.79 Å². The first-order chi connectivity index (χ1) is 10.1. The van der Waals surface area contributed by atoms with E-state index in [-0.39, 0.29) is 5.91 Å². The molecular formula is C17H19ClN2O. The highest BCUT2D eigenvalue weighted by molar-refractivity contribution is 6.31. The van der Waals surface area contributed by atoms with E-state index < -0.39 is 0 Å². The molecule has 0 spiro atoms. The van der Waals surface area contributed by atoms with E-state index in [0.717, 1.165) is 34.1 Å². The molecular weight excluding hydrogens is 284 g/mol. The molecule has 0 atom stereocenters. The number of rotatable bonds is 5. The fourth-order valence-electron chi connectivity index (χ4n) is 1.99. The third kappa shape index (κ3) is 4.23. The first-order valence-corrected chi connectivity index (χ1v) is 7.40. The lowest BCUT2D eigenvalue weighted by atomic mass is 10.2. The molecule has 0 heterocycles. The van der Waals surface area contributed by atoms with E-state index in [2.05, 4.69) is 10.6 Å². The predicted octanol–water partition coefficient (Wildman–Crippen LogP) is 5.13. The molecule has 0 bridgehead atoms. The Bertz CT molecular complexity index is 623. The molecule has 0 aromatic heterocycles. The summed E-state index contributed by atoms with van der Waals surface area (Å²) in [6.07, 6.45) is 1.39. The van der Waals surface area contributed by atoms with Gasteiger partial charge >= 0.3 is 0 Å². The lowest BCUT2D eigenvalue weighted by Gasteiger charge is -2.11. The number of hydrogen-bond acceptors (Lipinski definition) is 2. The van der Waals surface area contributed by atoms with Crippen LogP contribution in [0.15, 0.2) is 42.5 Å². The van der Waals surface area contributed by atoms with Crippen molar-refractivity contribution in [2.75, 3.05) is 10.6 Å². The zero-order valence-corrected chi connectivity index (χ0v) is 13.0. The van der Waals surface area contributed by atoms with Gasteiger partial charge in [0.25, 0.3) is 0 Å². The number of nitrogens with one attached hydrogen (secondary N) is 2. The van der Waals surface area contributed by atoms with E-state index in [4.69, 9.17) is 11.6 Å². The molecule has 0 saturated heterocycles. The quantitative estimate of drug-likeness (QED) is 0.804. The molecule has 0 aliphatic carbocycles. The van der Waals surface area contributed by atoms with Crippen molar-refractivity contribution in [1.82, 2.24) is 0 Å². The van der Waals surface area contributed by atoms with Crippen LogP contribution in [0, 0.1) is 6.92 Å². The molecule has 3 nitrogen and oxygen atoms in total. The zero-order chi connectivity index (χ0) is 15.2. The lowest BCUT2D eigenvalue weighted by Crippen LogP contribution is -2.10.